The summed E-state index contributed by atoms with van der Waals surface area (Å²) in [4.78, 5) is 15.1. The van der Waals surface area contributed by atoms with Crippen molar-refractivity contribution in [1.29, 1.82) is 0 Å². The van der Waals surface area contributed by atoms with E-state index < -0.39 is 12.4 Å². The molecular weight excluding hydrogens is 298 g/mol. The number of nitrogens with two attached hydrogens (primary N) is 1. The van der Waals surface area contributed by atoms with Crippen molar-refractivity contribution in [2.24, 2.45) is 0 Å². The standard InChI is InChI=1S/C10H11BrF2N2O2/c1-2-17-8(16)4-5-6(10(12)13)3-7(14)15-9(5)11/h3,10H,2,4H2,1H3,(H2,14,15). The predicted molar refractivity (Wildman–Crippen MR) is 61.6 cm³/mol. The molecule has 0 spiro atoms. The average molecular weight is 309 g/mol. The van der Waals surface area contributed by atoms with Gasteiger partial charge in [0.25, 0.3) is 6.43 Å². The molecule has 1 rings (SSSR count). The summed E-state index contributed by atoms with van der Waals surface area (Å²) in [6.45, 7) is 1.84. The van der Waals surface area contributed by atoms with Gasteiger partial charge in [0.05, 0.1) is 13.0 Å². The Morgan fingerprint density at radius 2 is 2.29 bits per heavy atom. The van der Waals surface area contributed by atoms with Gasteiger partial charge in [0, 0.05) is 11.1 Å². The highest BCUT2D eigenvalue weighted by molar-refractivity contribution is 9.10. The number of ether oxygens (including phenoxy) is 1. The maximum atomic E-state index is 12.8. The molecule has 1 aromatic rings. The molecule has 0 saturated heterocycles. The lowest BCUT2D eigenvalue weighted by molar-refractivity contribution is -0.142. The summed E-state index contributed by atoms with van der Waals surface area (Å²) in [6, 6.07) is 1.06. The van der Waals surface area contributed by atoms with Crippen molar-refractivity contribution in [2.75, 3.05) is 12.3 Å². The number of aromatic nitrogens is 1. The van der Waals surface area contributed by atoms with Crippen LogP contribution < -0.4 is 5.73 Å². The first kappa shape index (κ1) is 13.8. The van der Waals surface area contributed by atoms with Gasteiger partial charge in [0.2, 0.25) is 0 Å². The Morgan fingerprint density at radius 1 is 1.65 bits per heavy atom. The molecule has 0 radical (unpaired) electrons. The molecule has 0 aliphatic carbocycles. The van der Waals surface area contributed by atoms with Gasteiger partial charge in [0.15, 0.2) is 0 Å². The molecule has 0 saturated carbocycles. The third-order valence-electron chi connectivity index (χ3n) is 1.99. The second kappa shape index (κ2) is 5.90. The molecule has 0 aliphatic rings. The number of hydrogen-bond donors (Lipinski definition) is 1. The number of rotatable bonds is 4. The number of esters is 1. The van der Waals surface area contributed by atoms with E-state index in [0.29, 0.717) is 0 Å². The van der Waals surface area contributed by atoms with E-state index in [-0.39, 0.29) is 34.6 Å². The van der Waals surface area contributed by atoms with Gasteiger partial charge in [-0.25, -0.2) is 13.8 Å². The summed E-state index contributed by atoms with van der Waals surface area (Å²) in [5.41, 5.74) is 5.16. The van der Waals surface area contributed by atoms with Crippen LogP contribution in [0.4, 0.5) is 14.6 Å². The van der Waals surface area contributed by atoms with Gasteiger partial charge in [-0.3, -0.25) is 4.79 Å². The lowest BCUT2D eigenvalue weighted by Crippen LogP contribution is -2.11. The highest BCUT2D eigenvalue weighted by atomic mass is 79.9. The molecular formula is C10H11BrF2N2O2. The monoisotopic (exact) mass is 308 g/mol. The molecule has 0 aromatic carbocycles. The van der Waals surface area contributed by atoms with Gasteiger partial charge in [-0.1, -0.05) is 0 Å². The van der Waals surface area contributed by atoms with Crippen LogP contribution >= 0.6 is 15.9 Å². The van der Waals surface area contributed by atoms with Crippen molar-refractivity contribution in [3.63, 3.8) is 0 Å². The van der Waals surface area contributed by atoms with Gasteiger partial charge in [-0.05, 0) is 28.9 Å². The fourth-order valence-electron chi connectivity index (χ4n) is 1.30. The maximum absolute atomic E-state index is 12.8. The van der Waals surface area contributed by atoms with Crippen molar-refractivity contribution in [3.8, 4) is 0 Å². The molecule has 0 aliphatic heterocycles. The highest BCUT2D eigenvalue weighted by Crippen LogP contribution is 2.29. The fraction of sp³-hybridized carbons (Fsp3) is 0.400. The smallest absolute Gasteiger partial charge is 0.310 e. The van der Waals surface area contributed by atoms with Crippen LogP contribution in [0.25, 0.3) is 0 Å². The van der Waals surface area contributed by atoms with Gasteiger partial charge >= 0.3 is 5.97 Å². The number of pyridine rings is 1. The summed E-state index contributed by atoms with van der Waals surface area (Å²) < 4.78 is 30.4. The van der Waals surface area contributed by atoms with Gasteiger partial charge in [-0.2, -0.15) is 0 Å². The Hall–Kier alpha value is -1.24. The van der Waals surface area contributed by atoms with Crippen LogP contribution in [0.5, 0.6) is 0 Å². The molecule has 0 atom stereocenters. The Morgan fingerprint density at radius 3 is 2.82 bits per heavy atom. The van der Waals surface area contributed by atoms with Crippen LogP contribution in [0.3, 0.4) is 0 Å². The van der Waals surface area contributed by atoms with E-state index in [1.54, 1.807) is 6.92 Å². The molecule has 0 amide bonds. The lowest BCUT2D eigenvalue weighted by Gasteiger charge is -2.11. The first-order valence-electron chi connectivity index (χ1n) is 4.84. The number of nitrogen functional groups attached to an aromatic ring is 1. The molecule has 2 N–H and O–H groups in total. The Labute approximate surface area is 105 Å². The zero-order chi connectivity index (χ0) is 13.0. The van der Waals surface area contributed by atoms with Gasteiger partial charge in [-0.15, -0.1) is 0 Å². The highest BCUT2D eigenvalue weighted by Gasteiger charge is 2.20. The number of hydrogen-bond acceptors (Lipinski definition) is 4. The summed E-state index contributed by atoms with van der Waals surface area (Å²) in [7, 11) is 0. The summed E-state index contributed by atoms with van der Waals surface area (Å²) in [5, 5.41) is 0. The Kier molecular flexibility index (Phi) is 4.80. The molecule has 94 valence electrons. The minimum Gasteiger partial charge on any atom is -0.466 e. The summed E-state index contributed by atoms with van der Waals surface area (Å²) in [6.07, 6.45) is -2.98. The summed E-state index contributed by atoms with van der Waals surface area (Å²) >= 11 is 3.01. The van der Waals surface area contributed by atoms with Crippen molar-refractivity contribution < 1.29 is 18.3 Å². The van der Waals surface area contributed by atoms with E-state index in [0.717, 1.165) is 6.07 Å². The van der Waals surface area contributed by atoms with Crippen LogP contribution in [-0.4, -0.2) is 17.6 Å². The average Bonchev–Trinajstić information content (AvgIpc) is 2.21. The van der Waals surface area contributed by atoms with E-state index >= 15 is 0 Å². The zero-order valence-corrected chi connectivity index (χ0v) is 10.6. The van der Waals surface area contributed by atoms with E-state index in [9.17, 15) is 13.6 Å². The molecule has 4 nitrogen and oxygen atoms in total. The van der Waals surface area contributed by atoms with Crippen molar-refractivity contribution in [1.82, 2.24) is 4.98 Å². The quantitative estimate of drug-likeness (QED) is 0.685. The van der Waals surface area contributed by atoms with Crippen molar-refractivity contribution in [2.45, 2.75) is 19.8 Å². The first-order chi connectivity index (χ1) is 7.95. The second-order valence-corrected chi connectivity index (χ2v) is 3.94. The van der Waals surface area contributed by atoms with Gasteiger partial charge < -0.3 is 10.5 Å². The second-order valence-electron chi connectivity index (χ2n) is 3.19. The van der Waals surface area contributed by atoms with Crippen molar-refractivity contribution >= 4 is 27.7 Å². The minimum atomic E-state index is -2.72. The van der Waals surface area contributed by atoms with E-state index in [1.807, 2.05) is 0 Å². The van der Waals surface area contributed by atoms with Crippen LogP contribution in [0.1, 0.15) is 24.5 Å². The Bertz CT molecular complexity index is 427. The minimum absolute atomic E-state index is 0.0280. The number of nitrogens with zero attached hydrogens (tertiary/aromatic N) is 1. The third kappa shape index (κ3) is 3.62. The zero-order valence-electron chi connectivity index (χ0n) is 9.04. The fourth-order valence-corrected chi connectivity index (χ4v) is 1.88. The van der Waals surface area contributed by atoms with Crippen molar-refractivity contribution in [3.05, 3.63) is 21.8 Å². The van der Waals surface area contributed by atoms with Crippen LogP contribution in [0, 0.1) is 0 Å². The lowest BCUT2D eigenvalue weighted by atomic mass is 10.1. The van der Waals surface area contributed by atoms with Crippen LogP contribution in [-0.2, 0) is 16.0 Å². The third-order valence-corrected chi connectivity index (χ3v) is 2.65. The SMILES string of the molecule is CCOC(=O)Cc1c(C(F)F)cc(N)nc1Br. The largest absolute Gasteiger partial charge is 0.466 e. The topological polar surface area (TPSA) is 65.2 Å². The number of carbonyl (C=O) groups excluding carboxylic acids is 1. The predicted octanol–water partition coefficient (Wildman–Crippen LogP) is 2.47. The molecule has 0 unspecified atom stereocenters. The molecule has 0 fully saturated rings. The van der Waals surface area contributed by atoms with E-state index in [4.69, 9.17) is 10.5 Å². The van der Waals surface area contributed by atoms with Gasteiger partial charge in [0.1, 0.15) is 10.4 Å². The first-order valence-corrected chi connectivity index (χ1v) is 5.63. The number of halogens is 3. The number of alkyl halides is 2. The van der Waals surface area contributed by atoms with Crippen LogP contribution in [0.2, 0.25) is 0 Å². The Balaban J connectivity index is 3.08. The molecule has 1 heterocycles. The molecule has 17 heavy (non-hydrogen) atoms. The van der Waals surface area contributed by atoms with E-state index in [2.05, 4.69) is 20.9 Å². The molecule has 1 aromatic heterocycles. The normalized spacial score (nSPS) is 10.6. The van der Waals surface area contributed by atoms with Crippen LogP contribution in [0.15, 0.2) is 10.7 Å². The summed E-state index contributed by atoms with van der Waals surface area (Å²) in [5.74, 6) is -0.610. The number of carbonyl (C=O) groups is 1. The molecule has 7 heteroatoms. The molecule has 0 bridgehead atoms. The maximum Gasteiger partial charge on any atom is 0.310 e. The van der Waals surface area contributed by atoms with E-state index in [1.165, 1.54) is 0 Å². The number of anilines is 1.